The molecule has 0 bridgehead atoms. The molecule has 0 amide bonds. The molecular formula is C10H11NS. The van der Waals surface area contributed by atoms with Gasteiger partial charge in [0.05, 0.1) is 5.04 Å². The molecule has 0 N–H and O–H groups in total. The lowest BCUT2D eigenvalue weighted by Crippen LogP contribution is -1.90. The zero-order valence-electron chi connectivity index (χ0n) is 7.08. The number of benzene rings is 1. The van der Waals surface area contributed by atoms with E-state index < -0.39 is 0 Å². The molecule has 2 rings (SSSR count). The van der Waals surface area contributed by atoms with Crippen molar-refractivity contribution < 1.29 is 0 Å². The molecule has 0 fully saturated rings. The SMILES string of the molecule is Cc1ccc(C2=NCCS2)cc1. The summed E-state index contributed by atoms with van der Waals surface area (Å²) in [5, 5.41) is 1.20. The fourth-order valence-corrected chi connectivity index (χ4v) is 2.07. The molecule has 1 heterocycles. The summed E-state index contributed by atoms with van der Waals surface area (Å²) in [6.07, 6.45) is 0. The summed E-state index contributed by atoms with van der Waals surface area (Å²) < 4.78 is 0. The monoisotopic (exact) mass is 177 g/mol. The van der Waals surface area contributed by atoms with Crippen molar-refractivity contribution in [2.24, 2.45) is 4.99 Å². The summed E-state index contributed by atoms with van der Waals surface area (Å²) in [6.45, 7) is 3.08. The highest BCUT2D eigenvalue weighted by molar-refractivity contribution is 8.14. The van der Waals surface area contributed by atoms with Crippen LogP contribution in [0.4, 0.5) is 0 Å². The fraction of sp³-hybridized carbons (Fsp3) is 0.300. The standard InChI is InChI=1S/C10H11NS/c1-8-2-4-9(5-3-8)10-11-6-7-12-10/h2-5H,6-7H2,1H3. The highest BCUT2D eigenvalue weighted by Gasteiger charge is 2.08. The molecule has 0 radical (unpaired) electrons. The third-order valence-corrected chi connectivity index (χ3v) is 2.91. The Bertz CT molecular complexity index is 300. The maximum Gasteiger partial charge on any atom is 0.0977 e. The van der Waals surface area contributed by atoms with Gasteiger partial charge in [-0.1, -0.05) is 29.8 Å². The molecule has 0 atom stereocenters. The number of nitrogens with zero attached hydrogens (tertiary/aromatic N) is 1. The third-order valence-electron chi connectivity index (χ3n) is 1.88. The molecule has 0 aliphatic carbocycles. The van der Waals surface area contributed by atoms with Gasteiger partial charge in [-0.15, -0.1) is 11.8 Å². The Morgan fingerprint density at radius 3 is 2.58 bits per heavy atom. The van der Waals surface area contributed by atoms with E-state index in [1.165, 1.54) is 16.2 Å². The van der Waals surface area contributed by atoms with E-state index in [0.29, 0.717) is 0 Å². The molecule has 0 spiro atoms. The minimum Gasteiger partial charge on any atom is -0.277 e. The van der Waals surface area contributed by atoms with Gasteiger partial charge < -0.3 is 0 Å². The third kappa shape index (κ3) is 1.53. The van der Waals surface area contributed by atoms with Crippen LogP contribution in [0.25, 0.3) is 0 Å². The predicted molar refractivity (Wildman–Crippen MR) is 55.0 cm³/mol. The zero-order chi connectivity index (χ0) is 8.39. The highest BCUT2D eigenvalue weighted by atomic mass is 32.2. The van der Waals surface area contributed by atoms with Crippen molar-refractivity contribution in [1.29, 1.82) is 0 Å². The molecule has 1 aliphatic heterocycles. The van der Waals surface area contributed by atoms with Crippen LogP contribution in [0.3, 0.4) is 0 Å². The van der Waals surface area contributed by atoms with Crippen LogP contribution in [0.5, 0.6) is 0 Å². The Kier molecular flexibility index (Phi) is 2.17. The number of rotatable bonds is 1. The van der Waals surface area contributed by atoms with Crippen LogP contribution in [0.15, 0.2) is 29.3 Å². The van der Waals surface area contributed by atoms with Crippen molar-refractivity contribution in [2.45, 2.75) is 6.92 Å². The van der Waals surface area contributed by atoms with E-state index in [-0.39, 0.29) is 0 Å². The lowest BCUT2D eigenvalue weighted by Gasteiger charge is -1.99. The number of hydrogen-bond acceptors (Lipinski definition) is 2. The molecule has 0 unspecified atom stereocenters. The van der Waals surface area contributed by atoms with Crippen LogP contribution in [-0.2, 0) is 0 Å². The zero-order valence-corrected chi connectivity index (χ0v) is 7.90. The molecule has 0 aromatic heterocycles. The van der Waals surface area contributed by atoms with Gasteiger partial charge in [0.15, 0.2) is 0 Å². The number of aryl methyl sites for hydroxylation is 1. The van der Waals surface area contributed by atoms with Crippen molar-refractivity contribution >= 4 is 16.8 Å². The van der Waals surface area contributed by atoms with Crippen molar-refractivity contribution in [3.63, 3.8) is 0 Å². The molecule has 1 nitrogen and oxygen atoms in total. The van der Waals surface area contributed by atoms with Gasteiger partial charge in [0.1, 0.15) is 0 Å². The van der Waals surface area contributed by atoms with Crippen LogP contribution >= 0.6 is 11.8 Å². The normalized spacial score (nSPS) is 16.2. The van der Waals surface area contributed by atoms with E-state index in [2.05, 4.69) is 36.2 Å². The first-order chi connectivity index (χ1) is 5.86. The van der Waals surface area contributed by atoms with Gasteiger partial charge in [0.25, 0.3) is 0 Å². The van der Waals surface area contributed by atoms with Crippen molar-refractivity contribution in [3.05, 3.63) is 35.4 Å². The molecule has 0 saturated heterocycles. The van der Waals surface area contributed by atoms with Crippen LogP contribution < -0.4 is 0 Å². The summed E-state index contributed by atoms with van der Waals surface area (Å²) in [7, 11) is 0. The maximum absolute atomic E-state index is 4.42. The van der Waals surface area contributed by atoms with E-state index in [9.17, 15) is 0 Å². The molecule has 1 aliphatic rings. The summed E-state index contributed by atoms with van der Waals surface area (Å²) in [5.74, 6) is 1.14. The second-order valence-electron chi connectivity index (χ2n) is 2.90. The molecule has 1 aromatic rings. The lowest BCUT2D eigenvalue weighted by molar-refractivity contribution is 1.17. The van der Waals surface area contributed by atoms with Gasteiger partial charge in [0, 0.05) is 17.9 Å². The average Bonchev–Trinajstić information content (AvgIpc) is 2.58. The maximum atomic E-state index is 4.42. The molecular weight excluding hydrogens is 166 g/mol. The Balaban J connectivity index is 2.28. The van der Waals surface area contributed by atoms with Crippen LogP contribution in [0.1, 0.15) is 11.1 Å². The summed E-state index contributed by atoms with van der Waals surface area (Å²) in [4.78, 5) is 4.42. The molecule has 12 heavy (non-hydrogen) atoms. The summed E-state index contributed by atoms with van der Waals surface area (Å²) >= 11 is 1.85. The minimum atomic E-state index is 0.980. The van der Waals surface area contributed by atoms with Gasteiger partial charge in [-0.05, 0) is 6.92 Å². The first kappa shape index (κ1) is 7.87. The van der Waals surface area contributed by atoms with Crippen LogP contribution in [0.2, 0.25) is 0 Å². The highest BCUT2D eigenvalue weighted by Crippen LogP contribution is 2.18. The summed E-state index contributed by atoms with van der Waals surface area (Å²) in [5.41, 5.74) is 2.57. The Labute approximate surface area is 76.9 Å². The Morgan fingerprint density at radius 2 is 2.00 bits per heavy atom. The van der Waals surface area contributed by atoms with Crippen LogP contribution in [0, 0.1) is 6.92 Å². The number of aliphatic imine (C=N–C) groups is 1. The lowest BCUT2D eigenvalue weighted by atomic mass is 10.2. The van der Waals surface area contributed by atoms with Gasteiger partial charge in [-0.3, -0.25) is 4.99 Å². The summed E-state index contributed by atoms with van der Waals surface area (Å²) in [6, 6.07) is 8.56. The van der Waals surface area contributed by atoms with Crippen molar-refractivity contribution in [3.8, 4) is 0 Å². The van der Waals surface area contributed by atoms with Crippen LogP contribution in [-0.4, -0.2) is 17.3 Å². The first-order valence-corrected chi connectivity index (χ1v) is 5.09. The van der Waals surface area contributed by atoms with Crippen molar-refractivity contribution in [1.82, 2.24) is 0 Å². The Morgan fingerprint density at radius 1 is 1.25 bits per heavy atom. The van der Waals surface area contributed by atoms with Crippen molar-refractivity contribution in [2.75, 3.05) is 12.3 Å². The van der Waals surface area contributed by atoms with E-state index in [4.69, 9.17) is 0 Å². The minimum absolute atomic E-state index is 0.980. The van der Waals surface area contributed by atoms with Gasteiger partial charge in [-0.2, -0.15) is 0 Å². The molecule has 2 heteroatoms. The largest absolute Gasteiger partial charge is 0.277 e. The smallest absolute Gasteiger partial charge is 0.0977 e. The average molecular weight is 177 g/mol. The Hall–Kier alpha value is -0.760. The first-order valence-electron chi connectivity index (χ1n) is 4.10. The topological polar surface area (TPSA) is 12.4 Å². The van der Waals surface area contributed by atoms with E-state index in [0.717, 1.165) is 12.3 Å². The molecule has 1 aromatic carbocycles. The predicted octanol–water partition coefficient (Wildman–Crippen LogP) is 2.49. The second kappa shape index (κ2) is 3.31. The number of thioether (sulfide) groups is 1. The van der Waals surface area contributed by atoms with E-state index in [1.54, 1.807) is 0 Å². The van der Waals surface area contributed by atoms with Gasteiger partial charge in [0.2, 0.25) is 0 Å². The second-order valence-corrected chi connectivity index (χ2v) is 3.98. The van der Waals surface area contributed by atoms with Gasteiger partial charge >= 0.3 is 0 Å². The van der Waals surface area contributed by atoms with E-state index >= 15 is 0 Å². The number of hydrogen-bond donors (Lipinski definition) is 0. The quantitative estimate of drug-likeness (QED) is 0.642. The fourth-order valence-electron chi connectivity index (χ4n) is 1.21. The molecule has 62 valence electrons. The van der Waals surface area contributed by atoms with E-state index in [1.807, 2.05) is 11.8 Å². The molecule has 0 saturated carbocycles. The van der Waals surface area contributed by atoms with Gasteiger partial charge in [-0.25, -0.2) is 0 Å².